The molecular weight excluding hydrogens is 412 g/mol. The van der Waals surface area contributed by atoms with Crippen LogP contribution in [0.15, 0.2) is 48.0 Å². The van der Waals surface area contributed by atoms with Gasteiger partial charge in [0.1, 0.15) is 5.76 Å². The summed E-state index contributed by atoms with van der Waals surface area (Å²) < 4.78 is 10.7. The van der Waals surface area contributed by atoms with E-state index in [1.165, 1.54) is 19.1 Å². The molecule has 1 fully saturated rings. The van der Waals surface area contributed by atoms with Gasteiger partial charge in [0.25, 0.3) is 11.7 Å². The molecule has 1 atom stereocenters. The molecular formula is C24H28N2O6. The Hall–Kier alpha value is -3.36. The van der Waals surface area contributed by atoms with Crippen LogP contribution in [0.3, 0.4) is 0 Å². The van der Waals surface area contributed by atoms with Crippen LogP contribution in [-0.2, 0) is 9.59 Å². The van der Waals surface area contributed by atoms with E-state index in [1.807, 2.05) is 19.1 Å². The van der Waals surface area contributed by atoms with E-state index in [0.29, 0.717) is 35.7 Å². The number of rotatable bonds is 9. The van der Waals surface area contributed by atoms with Gasteiger partial charge in [-0.1, -0.05) is 35.9 Å². The summed E-state index contributed by atoms with van der Waals surface area (Å²) in [5.41, 5.74) is 2.09. The summed E-state index contributed by atoms with van der Waals surface area (Å²) in [6, 6.07) is 11.4. The molecule has 1 unspecified atom stereocenters. The van der Waals surface area contributed by atoms with Crippen molar-refractivity contribution >= 4 is 17.4 Å². The third kappa shape index (κ3) is 4.61. The molecule has 2 aromatic carbocycles. The summed E-state index contributed by atoms with van der Waals surface area (Å²) in [4.78, 5) is 27.4. The Morgan fingerprint density at radius 3 is 2.34 bits per heavy atom. The SMILES string of the molecule is COc1ccc(C2/C(=C(\O)c3ccc(C)cc3)C(=O)C(=O)N2CCNCCO)cc1OC. The van der Waals surface area contributed by atoms with Gasteiger partial charge in [-0.15, -0.1) is 0 Å². The van der Waals surface area contributed by atoms with E-state index in [0.717, 1.165) is 5.56 Å². The molecule has 8 nitrogen and oxygen atoms in total. The number of aliphatic hydroxyl groups excluding tert-OH is 2. The van der Waals surface area contributed by atoms with Crippen LogP contribution in [0, 0.1) is 6.92 Å². The van der Waals surface area contributed by atoms with E-state index in [2.05, 4.69) is 5.32 Å². The zero-order valence-electron chi connectivity index (χ0n) is 18.4. The van der Waals surface area contributed by atoms with Crippen molar-refractivity contribution in [3.63, 3.8) is 0 Å². The number of amides is 1. The molecule has 2 aromatic rings. The molecule has 0 bridgehead atoms. The normalized spacial score (nSPS) is 17.6. The maximum absolute atomic E-state index is 13.0. The molecule has 0 saturated carbocycles. The van der Waals surface area contributed by atoms with Gasteiger partial charge in [0, 0.05) is 25.2 Å². The van der Waals surface area contributed by atoms with Crippen LogP contribution >= 0.6 is 0 Å². The van der Waals surface area contributed by atoms with Crippen molar-refractivity contribution < 1.29 is 29.3 Å². The fourth-order valence-electron chi connectivity index (χ4n) is 3.75. The maximum Gasteiger partial charge on any atom is 0.295 e. The zero-order chi connectivity index (χ0) is 23.3. The first-order valence-electron chi connectivity index (χ1n) is 10.3. The summed E-state index contributed by atoms with van der Waals surface area (Å²) in [6.07, 6.45) is 0. The topological polar surface area (TPSA) is 108 Å². The Morgan fingerprint density at radius 2 is 1.72 bits per heavy atom. The van der Waals surface area contributed by atoms with E-state index in [1.54, 1.807) is 30.3 Å². The van der Waals surface area contributed by atoms with Crippen molar-refractivity contribution in [2.75, 3.05) is 40.5 Å². The summed E-state index contributed by atoms with van der Waals surface area (Å²) in [6.45, 7) is 2.85. The summed E-state index contributed by atoms with van der Waals surface area (Å²) in [7, 11) is 3.03. The van der Waals surface area contributed by atoms with Crippen LogP contribution in [0.4, 0.5) is 0 Å². The number of methoxy groups -OCH3 is 2. The Balaban J connectivity index is 2.11. The molecule has 1 saturated heterocycles. The molecule has 1 heterocycles. The first kappa shape index (κ1) is 23.3. The third-order valence-corrected chi connectivity index (χ3v) is 5.41. The summed E-state index contributed by atoms with van der Waals surface area (Å²) >= 11 is 0. The highest BCUT2D eigenvalue weighted by Crippen LogP contribution is 2.41. The van der Waals surface area contributed by atoms with Gasteiger partial charge in [-0.3, -0.25) is 9.59 Å². The van der Waals surface area contributed by atoms with Gasteiger partial charge in [-0.05, 0) is 24.6 Å². The van der Waals surface area contributed by atoms with Gasteiger partial charge in [0.15, 0.2) is 11.5 Å². The molecule has 32 heavy (non-hydrogen) atoms. The van der Waals surface area contributed by atoms with E-state index < -0.39 is 17.7 Å². The van der Waals surface area contributed by atoms with Crippen LogP contribution in [0.5, 0.6) is 11.5 Å². The number of benzene rings is 2. The van der Waals surface area contributed by atoms with Crippen molar-refractivity contribution in [3.05, 3.63) is 64.7 Å². The number of nitrogens with zero attached hydrogens (tertiary/aromatic N) is 1. The van der Waals surface area contributed by atoms with Crippen molar-refractivity contribution in [2.45, 2.75) is 13.0 Å². The van der Waals surface area contributed by atoms with Gasteiger partial charge in [-0.25, -0.2) is 0 Å². The van der Waals surface area contributed by atoms with Crippen LogP contribution in [0.2, 0.25) is 0 Å². The summed E-state index contributed by atoms with van der Waals surface area (Å²) in [5, 5.41) is 23.1. The van der Waals surface area contributed by atoms with E-state index in [9.17, 15) is 14.7 Å². The lowest BCUT2D eigenvalue weighted by Crippen LogP contribution is -2.36. The lowest BCUT2D eigenvalue weighted by Gasteiger charge is -2.26. The highest BCUT2D eigenvalue weighted by atomic mass is 16.5. The average Bonchev–Trinajstić information content (AvgIpc) is 3.06. The van der Waals surface area contributed by atoms with Gasteiger partial charge < -0.3 is 29.9 Å². The molecule has 0 aliphatic carbocycles. The molecule has 1 amide bonds. The molecule has 3 rings (SSSR count). The largest absolute Gasteiger partial charge is 0.507 e. The van der Waals surface area contributed by atoms with Crippen molar-refractivity contribution in [1.82, 2.24) is 10.2 Å². The van der Waals surface area contributed by atoms with Gasteiger partial charge in [-0.2, -0.15) is 0 Å². The van der Waals surface area contributed by atoms with E-state index in [4.69, 9.17) is 14.6 Å². The molecule has 0 radical (unpaired) electrons. The first-order chi connectivity index (χ1) is 15.4. The number of likely N-dealkylation sites (tertiary alicyclic amines) is 1. The number of aryl methyl sites for hydroxylation is 1. The smallest absolute Gasteiger partial charge is 0.295 e. The second-order valence-corrected chi connectivity index (χ2v) is 7.45. The van der Waals surface area contributed by atoms with Gasteiger partial charge in [0.05, 0.1) is 32.4 Å². The Labute approximate surface area is 187 Å². The number of ether oxygens (including phenoxy) is 2. The number of carbonyl (C=O) groups excluding carboxylic acids is 2. The predicted octanol–water partition coefficient (Wildman–Crippen LogP) is 2.02. The van der Waals surface area contributed by atoms with Crippen LogP contribution in [-0.4, -0.2) is 67.3 Å². The lowest BCUT2D eigenvalue weighted by atomic mass is 9.94. The highest BCUT2D eigenvalue weighted by molar-refractivity contribution is 6.46. The summed E-state index contributed by atoms with van der Waals surface area (Å²) in [5.74, 6) is -0.705. The second-order valence-electron chi connectivity index (χ2n) is 7.45. The number of aliphatic hydroxyl groups is 2. The molecule has 0 aromatic heterocycles. The molecule has 1 aliphatic heterocycles. The molecule has 3 N–H and O–H groups in total. The van der Waals surface area contributed by atoms with Gasteiger partial charge in [0.2, 0.25) is 0 Å². The molecule has 0 spiro atoms. The fourth-order valence-corrected chi connectivity index (χ4v) is 3.75. The Morgan fingerprint density at radius 1 is 1.03 bits per heavy atom. The minimum Gasteiger partial charge on any atom is -0.507 e. The van der Waals surface area contributed by atoms with Crippen LogP contribution in [0.1, 0.15) is 22.7 Å². The molecule has 1 aliphatic rings. The van der Waals surface area contributed by atoms with E-state index in [-0.39, 0.29) is 24.5 Å². The number of nitrogens with one attached hydrogen (secondary N) is 1. The van der Waals surface area contributed by atoms with Crippen molar-refractivity contribution in [2.24, 2.45) is 0 Å². The quantitative estimate of drug-likeness (QED) is 0.237. The van der Waals surface area contributed by atoms with Gasteiger partial charge >= 0.3 is 0 Å². The second kappa shape index (κ2) is 10.3. The standard InChI is InChI=1S/C24H28N2O6/c1-15-4-6-16(7-5-15)22(28)20-21(17-8-9-18(31-2)19(14-17)32-3)26(24(30)23(20)29)12-10-25-11-13-27/h4-9,14,21,25,27-28H,10-13H2,1-3H3/b22-20+. The molecule has 170 valence electrons. The van der Waals surface area contributed by atoms with Crippen LogP contribution in [0.25, 0.3) is 5.76 Å². The average molecular weight is 440 g/mol. The minimum absolute atomic E-state index is 0.0215. The zero-order valence-corrected chi connectivity index (χ0v) is 18.4. The molecule has 8 heteroatoms. The fraction of sp³-hybridized carbons (Fsp3) is 0.333. The van der Waals surface area contributed by atoms with Crippen molar-refractivity contribution in [3.8, 4) is 11.5 Å². The predicted molar refractivity (Wildman–Crippen MR) is 120 cm³/mol. The highest BCUT2D eigenvalue weighted by Gasteiger charge is 2.46. The number of ketones is 1. The van der Waals surface area contributed by atoms with Crippen molar-refractivity contribution in [1.29, 1.82) is 0 Å². The Bertz CT molecular complexity index is 1020. The third-order valence-electron chi connectivity index (χ3n) is 5.41. The number of Topliss-reactive ketones (excluding diaryl/α,β-unsaturated/α-hetero) is 1. The Kier molecular flexibility index (Phi) is 7.50. The van der Waals surface area contributed by atoms with Crippen LogP contribution < -0.4 is 14.8 Å². The maximum atomic E-state index is 13.0. The lowest BCUT2D eigenvalue weighted by molar-refractivity contribution is -0.139. The first-order valence-corrected chi connectivity index (χ1v) is 10.3. The minimum atomic E-state index is -0.799. The number of hydrogen-bond donors (Lipinski definition) is 3. The van der Waals surface area contributed by atoms with E-state index >= 15 is 0 Å². The monoisotopic (exact) mass is 440 g/mol. The number of hydrogen-bond acceptors (Lipinski definition) is 7. The number of carbonyl (C=O) groups is 2.